The number of hydrogen-bond acceptors (Lipinski definition) is 6. The molecule has 1 aromatic carbocycles. The summed E-state index contributed by atoms with van der Waals surface area (Å²) >= 11 is 0. The number of anilines is 1. The van der Waals surface area contributed by atoms with Crippen molar-refractivity contribution in [2.24, 2.45) is 5.10 Å². The Morgan fingerprint density at radius 3 is 2.80 bits per heavy atom. The molecule has 0 radical (unpaired) electrons. The van der Waals surface area contributed by atoms with Crippen LogP contribution in [0.2, 0.25) is 0 Å². The maximum absolute atomic E-state index is 12.0. The lowest BCUT2D eigenvalue weighted by atomic mass is 10.1. The van der Waals surface area contributed by atoms with Gasteiger partial charge in [-0.05, 0) is 17.7 Å². The van der Waals surface area contributed by atoms with Crippen molar-refractivity contribution in [3.8, 4) is 0 Å². The third-order valence-electron chi connectivity index (χ3n) is 4.15. The van der Waals surface area contributed by atoms with Crippen LogP contribution in [0.4, 0.5) is 5.69 Å². The van der Waals surface area contributed by atoms with E-state index >= 15 is 0 Å². The summed E-state index contributed by atoms with van der Waals surface area (Å²) in [6.45, 7) is 4.85. The largest absolute Gasteiger partial charge is 0.398 e. The second kappa shape index (κ2) is 8.36. The molecule has 2 aromatic rings. The second-order valence-electron chi connectivity index (χ2n) is 5.88. The highest BCUT2D eigenvalue weighted by Gasteiger charge is 2.12. The van der Waals surface area contributed by atoms with Crippen LogP contribution in [0.3, 0.4) is 0 Å². The molecule has 0 aliphatic carbocycles. The van der Waals surface area contributed by atoms with Crippen LogP contribution in [0.15, 0.2) is 47.8 Å². The molecule has 7 heteroatoms. The van der Waals surface area contributed by atoms with E-state index in [0.717, 1.165) is 43.9 Å². The fourth-order valence-corrected chi connectivity index (χ4v) is 2.72. The Morgan fingerprint density at radius 2 is 2.04 bits per heavy atom. The number of carbonyl (C=O) groups is 1. The fourth-order valence-electron chi connectivity index (χ4n) is 2.72. The Morgan fingerprint density at radius 1 is 1.28 bits per heavy atom. The lowest BCUT2D eigenvalue weighted by Gasteiger charge is -2.27. The number of nitrogen functional groups attached to an aromatic ring is 1. The number of amides is 1. The molecule has 1 saturated heterocycles. The van der Waals surface area contributed by atoms with E-state index in [1.165, 1.54) is 0 Å². The summed E-state index contributed by atoms with van der Waals surface area (Å²) in [5, 5.41) is 7.36. The number of hydrogen-bond donors (Lipinski definition) is 3. The van der Waals surface area contributed by atoms with Gasteiger partial charge in [-0.1, -0.05) is 18.2 Å². The van der Waals surface area contributed by atoms with Gasteiger partial charge in [-0.3, -0.25) is 14.7 Å². The first kappa shape index (κ1) is 17.1. The maximum Gasteiger partial charge on any atom is 0.271 e. The Kier molecular flexibility index (Phi) is 5.71. The van der Waals surface area contributed by atoms with Crippen LogP contribution < -0.4 is 16.5 Å². The minimum Gasteiger partial charge on any atom is -0.398 e. The van der Waals surface area contributed by atoms with Gasteiger partial charge in [0.2, 0.25) is 0 Å². The van der Waals surface area contributed by atoms with Crippen LogP contribution in [-0.4, -0.2) is 48.2 Å². The average Bonchev–Trinajstić information content (AvgIpc) is 2.66. The monoisotopic (exact) mass is 338 g/mol. The number of pyridine rings is 1. The smallest absolute Gasteiger partial charge is 0.271 e. The predicted molar refractivity (Wildman–Crippen MR) is 98.3 cm³/mol. The van der Waals surface area contributed by atoms with Crippen molar-refractivity contribution >= 4 is 17.8 Å². The molecule has 0 atom stereocenters. The first-order chi connectivity index (χ1) is 12.2. The molecule has 2 heterocycles. The zero-order valence-corrected chi connectivity index (χ0v) is 14.0. The van der Waals surface area contributed by atoms with Crippen molar-refractivity contribution in [1.29, 1.82) is 0 Å². The van der Waals surface area contributed by atoms with E-state index in [1.807, 2.05) is 18.2 Å². The van der Waals surface area contributed by atoms with Gasteiger partial charge in [0.15, 0.2) is 0 Å². The van der Waals surface area contributed by atoms with Gasteiger partial charge in [0, 0.05) is 61.9 Å². The molecule has 4 N–H and O–H groups in total. The molecule has 0 bridgehead atoms. The summed E-state index contributed by atoms with van der Waals surface area (Å²) < 4.78 is 0. The molecular formula is C18H22N6O. The van der Waals surface area contributed by atoms with Crippen LogP contribution >= 0.6 is 0 Å². The summed E-state index contributed by atoms with van der Waals surface area (Å²) in [5.74, 6) is -0.283. The van der Waals surface area contributed by atoms with Crippen molar-refractivity contribution in [2.75, 3.05) is 31.9 Å². The van der Waals surface area contributed by atoms with Gasteiger partial charge in [0.1, 0.15) is 0 Å². The molecule has 1 aliphatic heterocycles. The normalized spacial score (nSPS) is 15.4. The van der Waals surface area contributed by atoms with E-state index in [1.54, 1.807) is 30.7 Å². The van der Waals surface area contributed by atoms with Crippen LogP contribution in [0.5, 0.6) is 0 Å². The number of nitrogens with two attached hydrogens (primary N) is 1. The van der Waals surface area contributed by atoms with Gasteiger partial charge >= 0.3 is 0 Å². The van der Waals surface area contributed by atoms with Gasteiger partial charge in [0.05, 0.1) is 6.21 Å². The minimum absolute atomic E-state index is 0.283. The van der Waals surface area contributed by atoms with Crippen LogP contribution in [0.25, 0.3) is 0 Å². The van der Waals surface area contributed by atoms with Crippen molar-refractivity contribution in [3.05, 3.63) is 59.4 Å². The number of hydrazone groups is 1. The number of rotatable bonds is 5. The Labute approximate surface area is 146 Å². The first-order valence-corrected chi connectivity index (χ1v) is 8.28. The van der Waals surface area contributed by atoms with E-state index in [0.29, 0.717) is 11.3 Å². The van der Waals surface area contributed by atoms with Gasteiger partial charge in [-0.2, -0.15) is 5.10 Å². The standard InChI is InChI=1S/C18H22N6O/c19-17-15(12-22-23-18(25)14-4-6-20-7-5-14)2-1-3-16(17)13-24-10-8-21-9-11-24/h1-7,12,21H,8-11,13,19H2,(H,23,25)/b22-12+. The number of aromatic nitrogens is 1. The number of nitrogens with zero attached hydrogens (tertiary/aromatic N) is 3. The topological polar surface area (TPSA) is 95.6 Å². The van der Waals surface area contributed by atoms with Gasteiger partial charge < -0.3 is 11.1 Å². The molecule has 1 amide bonds. The van der Waals surface area contributed by atoms with Crippen molar-refractivity contribution in [1.82, 2.24) is 20.6 Å². The molecule has 1 aliphatic rings. The Bertz CT molecular complexity index is 740. The van der Waals surface area contributed by atoms with E-state index in [9.17, 15) is 4.79 Å². The highest BCUT2D eigenvalue weighted by atomic mass is 16.2. The summed E-state index contributed by atoms with van der Waals surface area (Å²) in [7, 11) is 0. The lowest BCUT2D eigenvalue weighted by Crippen LogP contribution is -2.43. The number of piperazine rings is 1. The molecule has 1 aromatic heterocycles. The third kappa shape index (κ3) is 4.62. The Balaban J connectivity index is 1.64. The van der Waals surface area contributed by atoms with Crippen LogP contribution in [-0.2, 0) is 6.54 Å². The minimum atomic E-state index is -0.283. The van der Waals surface area contributed by atoms with E-state index in [4.69, 9.17) is 5.73 Å². The number of nitrogens with one attached hydrogen (secondary N) is 2. The number of para-hydroxylation sites is 1. The van der Waals surface area contributed by atoms with Crippen molar-refractivity contribution in [2.45, 2.75) is 6.54 Å². The zero-order chi connectivity index (χ0) is 17.5. The van der Waals surface area contributed by atoms with E-state index < -0.39 is 0 Å². The van der Waals surface area contributed by atoms with Crippen LogP contribution in [0, 0.1) is 0 Å². The first-order valence-electron chi connectivity index (χ1n) is 8.28. The van der Waals surface area contributed by atoms with Crippen LogP contribution in [0.1, 0.15) is 21.5 Å². The highest BCUT2D eigenvalue weighted by molar-refractivity contribution is 5.95. The molecular weight excluding hydrogens is 316 g/mol. The maximum atomic E-state index is 12.0. The summed E-state index contributed by atoms with van der Waals surface area (Å²) in [6.07, 6.45) is 4.71. The third-order valence-corrected chi connectivity index (χ3v) is 4.15. The van der Waals surface area contributed by atoms with E-state index in [-0.39, 0.29) is 5.91 Å². The number of carbonyl (C=O) groups excluding carboxylic acids is 1. The zero-order valence-electron chi connectivity index (χ0n) is 14.0. The van der Waals surface area contributed by atoms with Crippen molar-refractivity contribution < 1.29 is 4.79 Å². The summed E-state index contributed by atoms with van der Waals surface area (Å²) in [4.78, 5) is 18.2. The molecule has 7 nitrogen and oxygen atoms in total. The molecule has 130 valence electrons. The van der Waals surface area contributed by atoms with Crippen molar-refractivity contribution in [3.63, 3.8) is 0 Å². The van der Waals surface area contributed by atoms with E-state index in [2.05, 4.69) is 25.7 Å². The highest BCUT2D eigenvalue weighted by Crippen LogP contribution is 2.18. The lowest BCUT2D eigenvalue weighted by molar-refractivity contribution is 0.0955. The second-order valence-corrected chi connectivity index (χ2v) is 5.88. The summed E-state index contributed by atoms with van der Waals surface area (Å²) in [5.41, 5.74) is 11.9. The van der Waals surface area contributed by atoms with Gasteiger partial charge in [-0.15, -0.1) is 0 Å². The quantitative estimate of drug-likeness (QED) is 0.426. The average molecular weight is 338 g/mol. The molecule has 1 fully saturated rings. The molecule has 0 unspecified atom stereocenters. The van der Waals surface area contributed by atoms with Gasteiger partial charge in [0.25, 0.3) is 5.91 Å². The summed E-state index contributed by atoms with van der Waals surface area (Å²) in [6, 6.07) is 9.14. The SMILES string of the molecule is Nc1c(/C=N/NC(=O)c2ccncc2)cccc1CN1CCNCC1. The Hall–Kier alpha value is -2.77. The fraction of sp³-hybridized carbons (Fsp3) is 0.278. The van der Waals surface area contributed by atoms with Gasteiger partial charge in [-0.25, -0.2) is 5.43 Å². The number of benzene rings is 1. The molecule has 3 rings (SSSR count). The predicted octanol–water partition coefficient (Wildman–Crippen LogP) is 0.833. The molecule has 0 saturated carbocycles. The molecule has 0 spiro atoms. The molecule has 25 heavy (non-hydrogen) atoms.